The lowest BCUT2D eigenvalue weighted by Gasteiger charge is -2.20. The maximum atomic E-state index is 11.9. The Balaban J connectivity index is 1.83. The molecule has 1 aliphatic carbocycles. The third kappa shape index (κ3) is 4.48. The molecule has 2 amide bonds. The van der Waals surface area contributed by atoms with E-state index in [0.717, 1.165) is 12.8 Å². The molecule has 1 saturated carbocycles. The normalized spacial score (nSPS) is 15.8. The lowest BCUT2D eigenvalue weighted by molar-refractivity contribution is -0.133. The van der Waals surface area contributed by atoms with E-state index in [1.165, 1.54) is 5.56 Å². The number of hydrogen-bond donors (Lipinski definition) is 2. The zero-order valence-corrected chi connectivity index (χ0v) is 13.6. The summed E-state index contributed by atoms with van der Waals surface area (Å²) in [7, 11) is 0. The number of carbonyl (C=O) groups excluding carboxylic acids is 2. The molecule has 1 unspecified atom stereocenters. The number of nitrogens with one attached hydrogen (secondary N) is 2. The van der Waals surface area contributed by atoms with Gasteiger partial charge in [-0.1, -0.05) is 32.9 Å². The van der Waals surface area contributed by atoms with Crippen LogP contribution in [0.15, 0.2) is 24.3 Å². The van der Waals surface area contributed by atoms with Crippen LogP contribution in [0.1, 0.15) is 46.1 Å². The van der Waals surface area contributed by atoms with Crippen molar-refractivity contribution in [3.63, 3.8) is 0 Å². The van der Waals surface area contributed by atoms with Gasteiger partial charge in [-0.3, -0.25) is 20.4 Å². The first-order valence-corrected chi connectivity index (χ1v) is 7.64. The summed E-state index contributed by atoms with van der Waals surface area (Å²) in [4.78, 5) is 23.3. The Morgan fingerprint density at radius 2 is 1.73 bits per heavy atom. The molecule has 2 rings (SSSR count). The molecule has 1 fully saturated rings. The predicted octanol–water partition coefficient (Wildman–Crippen LogP) is 2.31. The first kappa shape index (κ1) is 16.3. The Bertz CT molecular complexity index is 542. The summed E-state index contributed by atoms with van der Waals surface area (Å²) in [6.07, 6.45) is 1.11. The van der Waals surface area contributed by atoms with Crippen LogP contribution in [0.4, 0.5) is 0 Å². The second-order valence-electron chi connectivity index (χ2n) is 6.79. The van der Waals surface area contributed by atoms with Crippen LogP contribution in [-0.4, -0.2) is 17.9 Å². The molecule has 0 radical (unpaired) electrons. The third-order valence-electron chi connectivity index (χ3n) is 3.66. The van der Waals surface area contributed by atoms with Gasteiger partial charge < -0.3 is 4.74 Å². The number of ether oxygens (including phenoxy) is 1. The summed E-state index contributed by atoms with van der Waals surface area (Å²) in [6.45, 7) is 8.07. The van der Waals surface area contributed by atoms with Gasteiger partial charge in [0.25, 0.3) is 5.91 Å². The summed E-state index contributed by atoms with van der Waals surface area (Å²) in [5.41, 5.74) is 6.10. The van der Waals surface area contributed by atoms with Crippen molar-refractivity contribution >= 4 is 11.8 Å². The fraction of sp³-hybridized carbons (Fsp3) is 0.529. The molecule has 22 heavy (non-hydrogen) atoms. The minimum atomic E-state index is -0.681. The molecule has 2 N–H and O–H groups in total. The second kappa shape index (κ2) is 6.38. The fourth-order valence-corrected chi connectivity index (χ4v) is 1.96. The van der Waals surface area contributed by atoms with E-state index in [1.807, 2.05) is 24.3 Å². The Labute approximate surface area is 131 Å². The molecule has 0 bridgehead atoms. The van der Waals surface area contributed by atoms with Gasteiger partial charge in [0.15, 0.2) is 6.10 Å². The van der Waals surface area contributed by atoms with Gasteiger partial charge in [-0.25, -0.2) is 0 Å². The van der Waals surface area contributed by atoms with Crippen LogP contribution in [0, 0.1) is 5.92 Å². The average Bonchev–Trinajstić information content (AvgIpc) is 3.28. The van der Waals surface area contributed by atoms with Crippen molar-refractivity contribution in [3.05, 3.63) is 29.8 Å². The van der Waals surface area contributed by atoms with Gasteiger partial charge in [-0.05, 0) is 42.9 Å². The van der Waals surface area contributed by atoms with Crippen molar-refractivity contribution in [1.82, 2.24) is 10.9 Å². The zero-order chi connectivity index (χ0) is 16.3. The maximum absolute atomic E-state index is 11.9. The quantitative estimate of drug-likeness (QED) is 0.839. The lowest BCUT2D eigenvalue weighted by Crippen LogP contribution is -2.47. The number of carbonyl (C=O) groups is 2. The van der Waals surface area contributed by atoms with E-state index < -0.39 is 6.10 Å². The highest BCUT2D eigenvalue weighted by molar-refractivity contribution is 5.86. The molecule has 0 aliphatic heterocycles. The maximum Gasteiger partial charge on any atom is 0.279 e. The van der Waals surface area contributed by atoms with Gasteiger partial charge in [0.1, 0.15) is 5.75 Å². The average molecular weight is 304 g/mol. The zero-order valence-electron chi connectivity index (χ0n) is 13.6. The predicted molar refractivity (Wildman–Crippen MR) is 84.2 cm³/mol. The largest absolute Gasteiger partial charge is 0.481 e. The Morgan fingerprint density at radius 3 is 2.23 bits per heavy atom. The first-order chi connectivity index (χ1) is 10.3. The molecule has 1 aromatic rings. The van der Waals surface area contributed by atoms with E-state index >= 15 is 0 Å². The van der Waals surface area contributed by atoms with Gasteiger partial charge in [-0.2, -0.15) is 0 Å². The van der Waals surface area contributed by atoms with Gasteiger partial charge in [0.05, 0.1) is 0 Å². The topological polar surface area (TPSA) is 67.4 Å². The monoisotopic (exact) mass is 304 g/mol. The van der Waals surface area contributed by atoms with Crippen LogP contribution in [-0.2, 0) is 15.0 Å². The molecule has 0 aromatic heterocycles. The van der Waals surface area contributed by atoms with Crippen molar-refractivity contribution in [2.75, 3.05) is 0 Å². The molecule has 120 valence electrons. The van der Waals surface area contributed by atoms with Crippen LogP contribution in [0.5, 0.6) is 5.75 Å². The SMILES string of the molecule is CC(Oc1ccc(C(C)(C)C)cc1)C(=O)NNC(=O)C1CC1. The Kier molecular flexibility index (Phi) is 4.74. The third-order valence-corrected chi connectivity index (χ3v) is 3.66. The Hall–Kier alpha value is -2.04. The van der Waals surface area contributed by atoms with Crippen LogP contribution in [0.25, 0.3) is 0 Å². The number of rotatable bonds is 4. The second-order valence-corrected chi connectivity index (χ2v) is 6.79. The molecular weight excluding hydrogens is 280 g/mol. The summed E-state index contributed by atoms with van der Waals surface area (Å²) >= 11 is 0. The van der Waals surface area contributed by atoms with E-state index in [4.69, 9.17) is 4.74 Å². The summed E-state index contributed by atoms with van der Waals surface area (Å²) < 4.78 is 5.59. The van der Waals surface area contributed by atoms with Crippen LogP contribution in [0.2, 0.25) is 0 Å². The van der Waals surface area contributed by atoms with Crippen LogP contribution < -0.4 is 15.6 Å². The fourth-order valence-electron chi connectivity index (χ4n) is 1.96. The van der Waals surface area contributed by atoms with Crippen molar-refractivity contribution in [2.45, 2.75) is 52.1 Å². The Morgan fingerprint density at radius 1 is 1.14 bits per heavy atom. The number of hydrazine groups is 1. The minimum absolute atomic E-state index is 0.0569. The van der Waals surface area contributed by atoms with Crippen molar-refractivity contribution < 1.29 is 14.3 Å². The number of benzene rings is 1. The van der Waals surface area contributed by atoms with E-state index in [2.05, 4.69) is 31.6 Å². The van der Waals surface area contributed by atoms with E-state index in [-0.39, 0.29) is 23.1 Å². The molecule has 0 heterocycles. The van der Waals surface area contributed by atoms with E-state index in [9.17, 15) is 9.59 Å². The van der Waals surface area contributed by atoms with Crippen LogP contribution in [0.3, 0.4) is 0 Å². The highest BCUT2D eigenvalue weighted by Crippen LogP contribution is 2.28. The smallest absolute Gasteiger partial charge is 0.279 e. The summed E-state index contributed by atoms with van der Waals surface area (Å²) in [5, 5.41) is 0. The van der Waals surface area contributed by atoms with E-state index in [0.29, 0.717) is 5.75 Å². The standard InChI is InChI=1S/C17H24N2O3/c1-11(15(20)18-19-16(21)12-5-6-12)22-14-9-7-13(8-10-14)17(2,3)4/h7-12H,5-6H2,1-4H3,(H,18,20)(H,19,21). The molecule has 5 heteroatoms. The van der Waals surface area contributed by atoms with Gasteiger partial charge in [0, 0.05) is 5.92 Å². The molecule has 1 aliphatic rings. The minimum Gasteiger partial charge on any atom is -0.481 e. The summed E-state index contributed by atoms with van der Waals surface area (Å²) in [6, 6.07) is 7.70. The van der Waals surface area contributed by atoms with Crippen molar-refractivity contribution in [3.8, 4) is 5.75 Å². The molecule has 1 atom stereocenters. The molecule has 0 saturated heterocycles. The summed E-state index contributed by atoms with van der Waals surface area (Å²) in [5.74, 6) is 0.189. The molecule has 1 aromatic carbocycles. The van der Waals surface area contributed by atoms with Crippen LogP contribution >= 0.6 is 0 Å². The number of amides is 2. The molecule has 5 nitrogen and oxygen atoms in total. The van der Waals surface area contributed by atoms with E-state index in [1.54, 1.807) is 6.92 Å². The molecular formula is C17H24N2O3. The lowest BCUT2D eigenvalue weighted by atomic mass is 9.87. The van der Waals surface area contributed by atoms with Gasteiger partial charge >= 0.3 is 0 Å². The van der Waals surface area contributed by atoms with Crippen molar-refractivity contribution in [2.24, 2.45) is 5.92 Å². The van der Waals surface area contributed by atoms with Crippen molar-refractivity contribution in [1.29, 1.82) is 0 Å². The van der Waals surface area contributed by atoms with Gasteiger partial charge in [0.2, 0.25) is 5.91 Å². The van der Waals surface area contributed by atoms with Gasteiger partial charge in [-0.15, -0.1) is 0 Å². The highest BCUT2D eigenvalue weighted by Gasteiger charge is 2.30. The highest BCUT2D eigenvalue weighted by atomic mass is 16.5. The first-order valence-electron chi connectivity index (χ1n) is 7.64. The molecule has 0 spiro atoms. The number of hydrogen-bond acceptors (Lipinski definition) is 3.